The molecule has 4 atom stereocenters. The van der Waals surface area contributed by atoms with Crippen LogP contribution in [0.5, 0.6) is 0 Å². The highest BCUT2D eigenvalue weighted by Crippen LogP contribution is 2.32. The number of aliphatic hydroxyl groups excluding tert-OH is 2. The molecule has 0 spiro atoms. The van der Waals surface area contributed by atoms with Gasteiger partial charge in [0.1, 0.15) is 24.1 Å². The van der Waals surface area contributed by atoms with Gasteiger partial charge in [-0.3, -0.25) is 9.36 Å². The number of fused-ring (bicyclic) bond motifs is 1. The Labute approximate surface area is 124 Å². The highest BCUT2D eigenvalue weighted by molar-refractivity contribution is 5.69. The molecule has 0 aromatic carbocycles. The van der Waals surface area contributed by atoms with Crippen LogP contribution < -0.4 is 11.3 Å². The van der Waals surface area contributed by atoms with E-state index in [0.29, 0.717) is 5.82 Å². The predicted octanol–water partition coefficient (Wildman–Crippen LogP) is -2.16. The zero-order valence-electron chi connectivity index (χ0n) is 11.8. The Bertz CT molecular complexity index is 728. The largest absolute Gasteiger partial charge is 0.394 e. The van der Waals surface area contributed by atoms with Crippen LogP contribution in [0.3, 0.4) is 0 Å². The van der Waals surface area contributed by atoms with Gasteiger partial charge in [-0.15, -0.1) is 0 Å². The number of nitrogens with zero attached hydrogens (tertiary/aromatic N) is 3. The standard InChI is InChI=1S/C12H17N5O5/c1-21-9-8(19)5(3-18)22-12(9)17-4-14-7-10(17)15-6(2-13)16-11(7)20/h4-5,8-9,12,18-19H,2-3,13H2,1H3,(H,15,16,20)/t5-,8+,9?,12-/m1/s1. The van der Waals surface area contributed by atoms with E-state index in [0.717, 1.165) is 0 Å². The van der Waals surface area contributed by atoms with Crippen LogP contribution in [0.25, 0.3) is 11.2 Å². The number of ether oxygens (including phenoxy) is 2. The van der Waals surface area contributed by atoms with Crippen molar-refractivity contribution in [3.05, 3.63) is 22.5 Å². The van der Waals surface area contributed by atoms with E-state index in [4.69, 9.17) is 15.2 Å². The number of hydrogen-bond donors (Lipinski definition) is 4. The number of hydrogen-bond acceptors (Lipinski definition) is 8. The summed E-state index contributed by atoms with van der Waals surface area (Å²) in [6, 6.07) is 0. The molecule has 5 N–H and O–H groups in total. The first kappa shape index (κ1) is 15.1. The summed E-state index contributed by atoms with van der Waals surface area (Å²) in [6.45, 7) is -0.288. The number of aromatic amines is 1. The SMILES string of the molecule is COC1[C@@H](O)[C@@H](CO)O[C@H]1n1cnc2c(=O)[nH]c(CN)nc21. The van der Waals surface area contributed by atoms with Crippen molar-refractivity contribution in [2.75, 3.05) is 13.7 Å². The van der Waals surface area contributed by atoms with Crippen molar-refractivity contribution < 1.29 is 19.7 Å². The van der Waals surface area contributed by atoms with Gasteiger partial charge in [0.15, 0.2) is 17.4 Å². The van der Waals surface area contributed by atoms with Crippen LogP contribution in [0, 0.1) is 0 Å². The summed E-state index contributed by atoms with van der Waals surface area (Å²) < 4.78 is 12.4. The van der Waals surface area contributed by atoms with Crippen LogP contribution in [-0.2, 0) is 16.0 Å². The molecular formula is C12H17N5O5. The second kappa shape index (κ2) is 5.74. The number of imidazole rings is 1. The molecule has 1 fully saturated rings. The van der Waals surface area contributed by atoms with E-state index in [9.17, 15) is 15.0 Å². The molecule has 0 saturated carbocycles. The second-order valence-corrected chi connectivity index (χ2v) is 4.98. The molecule has 1 unspecified atom stereocenters. The van der Waals surface area contributed by atoms with E-state index in [1.807, 2.05) is 0 Å². The molecule has 10 nitrogen and oxygen atoms in total. The average Bonchev–Trinajstić information content (AvgIpc) is 3.07. The van der Waals surface area contributed by atoms with E-state index in [1.165, 1.54) is 18.0 Å². The maximum Gasteiger partial charge on any atom is 0.279 e. The van der Waals surface area contributed by atoms with Crippen LogP contribution in [0.15, 0.2) is 11.1 Å². The van der Waals surface area contributed by atoms with Crippen molar-refractivity contribution in [2.24, 2.45) is 5.73 Å². The van der Waals surface area contributed by atoms with Gasteiger partial charge in [-0.05, 0) is 0 Å². The van der Waals surface area contributed by atoms with E-state index < -0.39 is 30.1 Å². The molecule has 1 saturated heterocycles. The highest BCUT2D eigenvalue weighted by atomic mass is 16.6. The van der Waals surface area contributed by atoms with Gasteiger partial charge in [-0.2, -0.15) is 0 Å². The maximum atomic E-state index is 11.9. The monoisotopic (exact) mass is 311 g/mol. The quantitative estimate of drug-likeness (QED) is 0.499. The topological polar surface area (TPSA) is 149 Å². The van der Waals surface area contributed by atoms with Crippen molar-refractivity contribution in [1.29, 1.82) is 0 Å². The Balaban J connectivity index is 2.10. The molecule has 0 bridgehead atoms. The Hall–Kier alpha value is -1.85. The van der Waals surface area contributed by atoms with Crippen molar-refractivity contribution in [2.45, 2.75) is 31.1 Å². The number of aliphatic hydroxyl groups is 2. The minimum absolute atomic E-state index is 0.0669. The zero-order valence-corrected chi connectivity index (χ0v) is 11.8. The molecule has 0 aliphatic carbocycles. The molecule has 1 aliphatic rings. The summed E-state index contributed by atoms with van der Waals surface area (Å²) in [5.74, 6) is 0.311. The molecule has 22 heavy (non-hydrogen) atoms. The van der Waals surface area contributed by atoms with Gasteiger partial charge in [-0.1, -0.05) is 0 Å². The van der Waals surface area contributed by atoms with Crippen LogP contribution in [0.1, 0.15) is 12.1 Å². The van der Waals surface area contributed by atoms with E-state index in [2.05, 4.69) is 15.0 Å². The van der Waals surface area contributed by atoms with Gasteiger partial charge in [-0.25, -0.2) is 9.97 Å². The van der Waals surface area contributed by atoms with E-state index >= 15 is 0 Å². The first-order valence-corrected chi connectivity index (χ1v) is 6.73. The van der Waals surface area contributed by atoms with Gasteiger partial charge in [0, 0.05) is 7.11 Å². The van der Waals surface area contributed by atoms with Crippen molar-refractivity contribution in [1.82, 2.24) is 19.5 Å². The Morgan fingerprint density at radius 3 is 3.00 bits per heavy atom. The molecule has 3 heterocycles. The predicted molar refractivity (Wildman–Crippen MR) is 73.8 cm³/mol. The van der Waals surface area contributed by atoms with Crippen LogP contribution in [0.2, 0.25) is 0 Å². The number of nitrogens with one attached hydrogen (secondary N) is 1. The smallest absolute Gasteiger partial charge is 0.279 e. The van der Waals surface area contributed by atoms with Crippen molar-refractivity contribution >= 4 is 11.2 Å². The third-order valence-electron chi connectivity index (χ3n) is 3.71. The van der Waals surface area contributed by atoms with Gasteiger partial charge >= 0.3 is 0 Å². The fourth-order valence-corrected chi connectivity index (χ4v) is 2.60. The Kier molecular flexibility index (Phi) is 3.93. The van der Waals surface area contributed by atoms with Crippen LogP contribution in [0.4, 0.5) is 0 Å². The summed E-state index contributed by atoms with van der Waals surface area (Å²) >= 11 is 0. The lowest BCUT2D eigenvalue weighted by molar-refractivity contribution is -0.0583. The molecule has 3 rings (SSSR count). The molecule has 0 radical (unpaired) electrons. The van der Waals surface area contributed by atoms with E-state index in [1.54, 1.807) is 0 Å². The molecule has 120 valence electrons. The molecule has 10 heteroatoms. The molecule has 2 aromatic heterocycles. The summed E-state index contributed by atoms with van der Waals surface area (Å²) in [5.41, 5.74) is 5.52. The number of aromatic nitrogens is 4. The van der Waals surface area contributed by atoms with Gasteiger partial charge < -0.3 is 30.4 Å². The second-order valence-electron chi connectivity index (χ2n) is 4.98. The maximum absolute atomic E-state index is 11.9. The van der Waals surface area contributed by atoms with Gasteiger partial charge in [0.2, 0.25) is 0 Å². The molecular weight excluding hydrogens is 294 g/mol. The Morgan fingerprint density at radius 2 is 2.36 bits per heavy atom. The van der Waals surface area contributed by atoms with Gasteiger partial charge in [0.05, 0.1) is 19.5 Å². The van der Waals surface area contributed by atoms with Crippen molar-refractivity contribution in [3.63, 3.8) is 0 Å². The summed E-state index contributed by atoms with van der Waals surface area (Å²) in [4.78, 5) is 22.7. The fourth-order valence-electron chi connectivity index (χ4n) is 2.60. The number of H-pyrrole nitrogens is 1. The first-order valence-electron chi connectivity index (χ1n) is 6.73. The number of methoxy groups -OCH3 is 1. The highest BCUT2D eigenvalue weighted by Gasteiger charge is 2.45. The normalized spacial score (nSPS) is 28.5. The summed E-state index contributed by atoms with van der Waals surface area (Å²) in [5, 5.41) is 19.3. The Morgan fingerprint density at radius 1 is 1.59 bits per heavy atom. The molecule has 2 aromatic rings. The van der Waals surface area contributed by atoms with Crippen molar-refractivity contribution in [3.8, 4) is 0 Å². The zero-order chi connectivity index (χ0) is 15.9. The molecule has 1 aliphatic heterocycles. The van der Waals surface area contributed by atoms with Crippen LogP contribution >= 0.6 is 0 Å². The van der Waals surface area contributed by atoms with E-state index in [-0.39, 0.29) is 24.3 Å². The number of nitrogens with two attached hydrogens (primary N) is 1. The number of rotatable bonds is 4. The molecule has 0 amide bonds. The van der Waals surface area contributed by atoms with Gasteiger partial charge in [0.25, 0.3) is 5.56 Å². The lowest BCUT2D eigenvalue weighted by Crippen LogP contribution is -2.34. The minimum Gasteiger partial charge on any atom is -0.394 e. The first-order chi connectivity index (χ1) is 10.6. The fraction of sp³-hybridized carbons (Fsp3) is 0.583. The van der Waals surface area contributed by atoms with Crippen LogP contribution in [-0.4, -0.2) is 61.8 Å². The summed E-state index contributed by atoms with van der Waals surface area (Å²) in [6.07, 6.45) is -1.90. The lowest BCUT2D eigenvalue weighted by atomic mass is 10.1. The average molecular weight is 311 g/mol. The lowest BCUT2D eigenvalue weighted by Gasteiger charge is -2.19. The third-order valence-corrected chi connectivity index (χ3v) is 3.71. The minimum atomic E-state index is -1.01. The third kappa shape index (κ3) is 2.21. The summed E-state index contributed by atoms with van der Waals surface area (Å²) in [7, 11) is 1.43.